The lowest BCUT2D eigenvalue weighted by Crippen LogP contribution is -2.27. The minimum absolute atomic E-state index is 0.161. The topological polar surface area (TPSA) is 54.7 Å². The highest BCUT2D eigenvalue weighted by atomic mass is 15.1. The fraction of sp³-hybridized carbons (Fsp3) is 0.769. The molecule has 0 spiro atoms. The lowest BCUT2D eigenvalue weighted by molar-refractivity contribution is 0.488. The Morgan fingerprint density at radius 3 is 2.62 bits per heavy atom. The summed E-state index contributed by atoms with van der Waals surface area (Å²) in [6, 6.07) is 0. The summed E-state index contributed by atoms with van der Waals surface area (Å²) in [5, 5.41) is 7.83. The molecule has 16 heavy (non-hydrogen) atoms. The maximum atomic E-state index is 6.01. The minimum Gasteiger partial charge on any atom is -0.330 e. The molecule has 3 nitrogen and oxygen atoms in total. The summed E-state index contributed by atoms with van der Waals surface area (Å²) in [6.07, 6.45) is 6.16. The summed E-state index contributed by atoms with van der Waals surface area (Å²) in [5.41, 5.74) is 10.7. The molecule has 0 aliphatic heterocycles. The van der Waals surface area contributed by atoms with Crippen molar-refractivity contribution in [3.05, 3.63) is 17.0 Å². The van der Waals surface area contributed by atoms with Crippen molar-refractivity contribution >= 4 is 0 Å². The maximum Gasteiger partial charge on any atom is 0.0736 e. The van der Waals surface area contributed by atoms with Crippen LogP contribution in [-0.2, 0) is 18.3 Å². The van der Waals surface area contributed by atoms with E-state index in [2.05, 4.69) is 24.0 Å². The van der Waals surface area contributed by atoms with Crippen molar-refractivity contribution in [2.75, 3.05) is 6.54 Å². The van der Waals surface area contributed by atoms with E-state index in [0.29, 0.717) is 5.41 Å². The molecule has 2 aliphatic rings. The van der Waals surface area contributed by atoms with Crippen molar-refractivity contribution < 1.29 is 0 Å². The van der Waals surface area contributed by atoms with Gasteiger partial charge in [0.15, 0.2) is 0 Å². The maximum absolute atomic E-state index is 6.01. The van der Waals surface area contributed by atoms with Gasteiger partial charge in [0.1, 0.15) is 0 Å². The van der Waals surface area contributed by atoms with Crippen molar-refractivity contribution in [2.24, 2.45) is 11.1 Å². The van der Waals surface area contributed by atoms with E-state index in [4.69, 9.17) is 5.73 Å². The Morgan fingerprint density at radius 1 is 1.31 bits per heavy atom. The third-order valence-corrected chi connectivity index (χ3v) is 4.77. The highest BCUT2D eigenvalue weighted by Gasteiger charge is 2.63. The number of nitrogens with two attached hydrogens (primary N) is 1. The zero-order valence-corrected chi connectivity index (χ0v) is 10.3. The van der Waals surface area contributed by atoms with Gasteiger partial charge in [0.25, 0.3) is 0 Å². The third-order valence-electron chi connectivity index (χ3n) is 4.77. The third kappa shape index (κ3) is 1.15. The number of nitrogens with one attached hydrogen (secondary N) is 1. The van der Waals surface area contributed by atoms with Gasteiger partial charge >= 0.3 is 0 Å². The van der Waals surface area contributed by atoms with Crippen molar-refractivity contribution in [3.63, 3.8) is 0 Å². The van der Waals surface area contributed by atoms with Crippen LogP contribution in [0.4, 0.5) is 0 Å². The number of aromatic amines is 1. The van der Waals surface area contributed by atoms with Gasteiger partial charge in [-0.1, -0.05) is 13.8 Å². The quantitative estimate of drug-likeness (QED) is 0.798. The van der Waals surface area contributed by atoms with E-state index >= 15 is 0 Å². The van der Waals surface area contributed by atoms with Crippen LogP contribution < -0.4 is 5.73 Å². The normalized spacial score (nSPS) is 31.2. The molecule has 0 aromatic carbocycles. The number of rotatable bonds is 2. The number of aromatic nitrogens is 2. The van der Waals surface area contributed by atoms with Crippen molar-refractivity contribution in [1.29, 1.82) is 0 Å². The Balaban J connectivity index is 2.04. The number of hydrogen-bond acceptors (Lipinski definition) is 2. The molecule has 3 N–H and O–H groups in total. The number of fused-ring (bicyclic) bond motifs is 1. The van der Waals surface area contributed by atoms with Gasteiger partial charge in [-0.05, 0) is 43.1 Å². The predicted octanol–water partition coefficient (Wildman–Crippen LogP) is 1.91. The monoisotopic (exact) mass is 219 g/mol. The van der Waals surface area contributed by atoms with Crippen LogP contribution in [0.15, 0.2) is 0 Å². The second-order valence-corrected chi connectivity index (χ2v) is 6.08. The first-order valence-electron chi connectivity index (χ1n) is 6.37. The van der Waals surface area contributed by atoms with Crippen molar-refractivity contribution in [2.45, 2.75) is 51.4 Å². The molecule has 88 valence electrons. The Kier molecular flexibility index (Phi) is 2.00. The molecule has 1 aromatic heterocycles. The molecule has 0 saturated heterocycles. The standard InChI is InChI=1S/C13H21N3/c1-12(2)7-13(12,8-14)11-9-5-3-4-6-10(9)15-16-11/h3-8,14H2,1-2H3,(H,15,16). The zero-order chi connectivity index (χ0) is 11.4. The van der Waals surface area contributed by atoms with E-state index in [9.17, 15) is 0 Å². The van der Waals surface area contributed by atoms with Crippen LogP contribution in [0.1, 0.15) is 50.1 Å². The smallest absolute Gasteiger partial charge is 0.0736 e. The highest BCUT2D eigenvalue weighted by Crippen LogP contribution is 2.64. The van der Waals surface area contributed by atoms with Gasteiger partial charge in [-0.2, -0.15) is 5.10 Å². The van der Waals surface area contributed by atoms with Gasteiger partial charge in [0.05, 0.1) is 5.69 Å². The molecule has 0 bridgehead atoms. The lowest BCUT2D eigenvalue weighted by Gasteiger charge is -2.19. The van der Waals surface area contributed by atoms with Gasteiger partial charge < -0.3 is 5.73 Å². The molecule has 1 unspecified atom stereocenters. The van der Waals surface area contributed by atoms with E-state index in [1.165, 1.54) is 49.1 Å². The van der Waals surface area contributed by atoms with E-state index in [0.717, 1.165) is 6.54 Å². The summed E-state index contributed by atoms with van der Waals surface area (Å²) in [7, 11) is 0. The average molecular weight is 219 g/mol. The zero-order valence-electron chi connectivity index (χ0n) is 10.3. The number of hydrogen-bond donors (Lipinski definition) is 2. The molecular formula is C13H21N3. The second-order valence-electron chi connectivity index (χ2n) is 6.08. The first-order valence-corrected chi connectivity index (χ1v) is 6.37. The van der Waals surface area contributed by atoms with Crippen LogP contribution in [0.2, 0.25) is 0 Å². The summed E-state index contributed by atoms with van der Waals surface area (Å²) in [6.45, 7) is 5.35. The number of aryl methyl sites for hydroxylation is 1. The van der Waals surface area contributed by atoms with E-state index in [1.807, 2.05) is 0 Å². The summed E-state index contributed by atoms with van der Waals surface area (Å²) >= 11 is 0. The van der Waals surface area contributed by atoms with Crippen molar-refractivity contribution in [1.82, 2.24) is 10.2 Å². The molecule has 3 heteroatoms. The molecular weight excluding hydrogens is 198 g/mol. The molecule has 1 aromatic rings. The van der Waals surface area contributed by atoms with E-state index in [-0.39, 0.29) is 5.41 Å². The number of nitrogens with zero attached hydrogens (tertiary/aromatic N) is 1. The first kappa shape index (κ1) is 10.3. The van der Waals surface area contributed by atoms with Crippen LogP contribution >= 0.6 is 0 Å². The van der Waals surface area contributed by atoms with Crippen LogP contribution in [0.25, 0.3) is 0 Å². The molecule has 1 saturated carbocycles. The van der Waals surface area contributed by atoms with Gasteiger partial charge in [0.2, 0.25) is 0 Å². The summed E-state index contributed by atoms with van der Waals surface area (Å²) < 4.78 is 0. The molecule has 3 rings (SSSR count). The van der Waals surface area contributed by atoms with Gasteiger partial charge in [-0.25, -0.2) is 0 Å². The molecule has 2 aliphatic carbocycles. The molecule has 1 atom stereocenters. The molecule has 0 radical (unpaired) electrons. The Labute approximate surface area is 96.8 Å². The first-order chi connectivity index (χ1) is 7.61. The number of H-pyrrole nitrogens is 1. The predicted molar refractivity (Wildman–Crippen MR) is 64.4 cm³/mol. The SMILES string of the molecule is CC1(C)CC1(CN)c1n[nH]c2c1CCCC2. The average Bonchev–Trinajstić information content (AvgIpc) is 2.67. The largest absolute Gasteiger partial charge is 0.330 e. The van der Waals surface area contributed by atoms with E-state index < -0.39 is 0 Å². The fourth-order valence-electron chi connectivity index (χ4n) is 3.44. The van der Waals surface area contributed by atoms with Gasteiger partial charge in [0, 0.05) is 17.7 Å². The van der Waals surface area contributed by atoms with E-state index in [1.54, 1.807) is 0 Å². The van der Waals surface area contributed by atoms with Gasteiger partial charge in [-0.3, -0.25) is 5.10 Å². The summed E-state index contributed by atoms with van der Waals surface area (Å²) in [4.78, 5) is 0. The molecule has 0 amide bonds. The fourth-order valence-corrected chi connectivity index (χ4v) is 3.44. The lowest BCUT2D eigenvalue weighted by atomic mass is 9.85. The summed E-state index contributed by atoms with van der Waals surface area (Å²) in [5.74, 6) is 0. The van der Waals surface area contributed by atoms with Crippen molar-refractivity contribution in [3.8, 4) is 0 Å². The van der Waals surface area contributed by atoms with Crippen LogP contribution in [0.5, 0.6) is 0 Å². The Morgan fingerprint density at radius 2 is 2.00 bits per heavy atom. The second kappa shape index (κ2) is 3.10. The highest BCUT2D eigenvalue weighted by molar-refractivity contribution is 5.41. The van der Waals surface area contributed by atoms with Crippen LogP contribution in [0.3, 0.4) is 0 Å². The Hall–Kier alpha value is -0.830. The Bertz CT molecular complexity index is 419. The van der Waals surface area contributed by atoms with Crippen LogP contribution in [0, 0.1) is 5.41 Å². The molecule has 1 heterocycles. The van der Waals surface area contributed by atoms with Crippen LogP contribution in [-0.4, -0.2) is 16.7 Å². The molecule has 1 fully saturated rings. The van der Waals surface area contributed by atoms with Gasteiger partial charge in [-0.15, -0.1) is 0 Å². The minimum atomic E-state index is 0.161.